The van der Waals surface area contributed by atoms with Gasteiger partial charge in [0.2, 0.25) is 5.82 Å². The van der Waals surface area contributed by atoms with Crippen molar-refractivity contribution in [3.63, 3.8) is 0 Å². The lowest BCUT2D eigenvalue weighted by Gasteiger charge is -2.29. The summed E-state index contributed by atoms with van der Waals surface area (Å²) in [5.74, 6) is 0.0834. The first-order chi connectivity index (χ1) is 12.1. The Morgan fingerprint density at radius 1 is 1.40 bits per heavy atom. The fraction of sp³-hybridized carbons (Fsp3) is 0.562. The number of amides is 1. The van der Waals surface area contributed by atoms with Crippen molar-refractivity contribution in [2.24, 2.45) is 5.92 Å². The average Bonchev–Trinajstić information content (AvgIpc) is 3.26. The molecule has 1 saturated carbocycles. The maximum absolute atomic E-state index is 11.9. The van der Waals surface area contributed by atoms with E-state index >= 15 is 0 Å². The van der Waals surface area contributed by atoms with Gasteiger partial charge in [-0.15, -0.1) is 10.2 Å². The van der Waals surface area contributed by atoms with Crippen LogP contribution in [0, 0.1) is 5.92 Å². The number of tetrazole rings is 1. The van der Waals surface area contributed by atoms with Crippen LogP contribution < -0.4 is 5.32 Å². The Bertz CT molecular complexity index is 715. The number of hydrogen-bond donors (Lipinski definition) is 1. The van der Waals surface area contributed by atoms with Gasteiger partial charge in [-0.1, -0.05) is 19.8 Å². The first-order valence-electron chi connectivity index (χ1n) is 8.37. The fourth-order valence-electron chi connectivity index (χ4n) is 2.90. The highest BCUT2D eigenvalue weighted by molar-refractivity contribution is 7.08. The molecular weight excluding hydrogens is 342 g/mol. The summed E-state index contributed by atoms with van der Waals surface area (Å²) in [5, 5.41) is 18.6. The summed E-state index contributed by atoms with van der Waals surface area (Å²) in [6.07, 6.45) is 4.44. The molecule has 0 aromatic carbocycles. The third kappa shape index (κ3) is 4.85. The standard InChI is InChI=1S/C16H21N5O3S/c1-11-4-2-3-5-13(11)17-14(22)9-24-15(23)8-21-19-16(18-20-21)12-6-7-25-10-12/h6-7,10-11,13H,2-5,8-9H2,1H3,(H,17,22)/t11-,13-/m1/s1. The van der Waals surface area contributed by atoms with Crippen LogP contribution in [0.4, 0.5) is 0 Å². The lowest BCUT2D eigenvalue weighted by atomic mass is 9.86. The zero-order valence-corrected chi connectivity index (χ0v) is 14.9. The molecule has 3 rings (SSSR count). The maximum atomic E-state index is 11.9. The molecule has 1 amide bonds. The van der Waals surface area contributed by atoms with E-state index in [1.165, 1.54) is 17.8 Å². The Hall–Kier alpha value is -2.29. The number of nitrogens with zero attached hydrogens (tertiary/aromatic N) is 4. The van der Waals surface area contributed by atoms with Gasteiger partial charge < -0.3 is 10.1 Å². The summed E-state index contributed by atoms with van der Waals surface area (Å²) >= 11 is 1.53. The summed E-state index contributed by atoms with van der Waals surface area (Å²) in [5.41, 5.74) is 0.852. The topological polar surface area (TPSA) is 99.0 Å². The monoisotopic (exact) mass is 363 g/mol. The lowest BCUT2D eigenvalue weighted by molar-refractivity contribution is -0.149. The largest absolute Gasteiger partial charge is 0.454 e. The van der Waals surface area contributed by atoms with E-state index in [4.69, 9.17) is 4.74 Å². The second kappa shape index (κ2) is 8.19. The van der Waals surface area contributed by atoms with Crippen LogP contribution in [0.2, 0.25) is 0 Å². The number of hydrogen-bond acceptors (Lipinski definition) is 7. The van der Waals surface area contributed by atoms with Crippen LogP contribution in [0.3, 0.4) is 0 Å². The zero-order chi connectivity index (χ0) is 17.6. The Morgan fingerprint density at radius 2 is 2.24 bits per heavy atom. The molecule has 1 N–H and O–H groups in total. The van der Waals surface area contributed by atoms with Crippen molar-refractivity contribution < 1.29 is 14.3 Å². The van der Waals surface area contributed by atoms with Crippen molar-refractivity contribution in [1.82, 2.24) is 25.5 Å². The molecule has 134 valence electrons. The van der Waals surface area contributed by atoms with Gasteiger partial charge in [0, 0.05) is 17.0 Å². The number of rotatable bonds is 6. The molecule has 9 heteroatoms. The Kier molecular flexibility index (Phi) is 5.75. The van der Waals surface area contributed by atoms with E-state index < -0.39 is 5.97 Å². The summed E-state index contributed by atoms with van der Waals surface area (Å²) in [6.45, 7) is 1.68. The summed E-state index contributed by atoms with van der Waals surface area (Å²) < 4.78 is 5.01. The van der Waals surface area contributed by atoms with Gasteiger partial charge >= 0.3 is 5.97 Å². The van der Waals surface area contributed by atoms with E-state index in [1.54, 1.807) is 0 Å². The highest BCUT2D eigenvalue weighted by Gasteiger charge is 2.23. The summed E-state index contributed by atoms with van der Waals surface area (Å²) in [7, 11) is 0. The minimum Gasteiger partial charge on any atom is -0.454 e. The molecule has 25 heavy (non-hydrogen) atoms. The molecule has 1 aliphatic rings. The molecule has 1 aliphatic carbocycles. The van der Waals surface area contributed by atoms with Crippen molar-refractivity contribution >= 4 is 23.2 Å². The average molecular weight is 363 g/mol. The van der Waals surface area contributed by atoms with E-state index in [2.05, 4.69) is 27.7 Å². The molecule has 0 unspecified atom stereocenters. The Morgan fingerprint density at radius 3 is 3.00 bits per heavy atom. The second-order valence-electron chi connectivity index (χ2n) is 6.25. The van der Waals surface area contributed by atoms with Crippen LogP contribution in [0.15, 0.2) is 16.8 Å². The molecule has 1 fully saturated rings. The second-order valence-corrected chi connectivity index (χ2v) is 7.03. The highest BCUT2D eigenvalue weighted by atomic mass is 32.1. The number of thiophene rings is 1. The summed E-state index contributed by atoms with van der Waals surface area (Å²) in [4.78, 5) is 24.9. The van der Waals surface area contributed by atoms with E-state index in [9.17, 15) is 9.59 Å². The molecule has 2 atom stereocenters. The molecule has 0 aliphatic heterocycles. The zero-order valence-electron chi connectivity index (χ0n) is 14.1. The molecule has 0 radical (unpaired) electrons. The molecule has 0 saturated heterocycles. The Balaban J connectivity index is 1.42. The first kappa shape index (κ1) is 17.5. The van der Waals surface area contributed by atoms with Gasteiger partial charge in [0.25, 0.3) is 5.91 Å². The number of carbonyl (C=O) groups is 2. The van der Waals surface area contributed by atoms with Gasteiger partial charge in [0.05, 0.1) is 0 Å². The minimum absolute atomic E-state index is 0.171. The van der Waals surface area contributed by atoms with Crippen molar-refractivity contribution in [2.75, 3.05) is 6.61 Å². The van der Waals surface area contributed by atoms with Crippen LogP contribution in [0.1, 0.15) is 32.6 Å². The lowest BCUT2D eigenvalue weighted by Crippen LogP contribution is -2.43. The van der Waals surface area contributed by atoms with Crippen LogP contribution in [0.5, 0.6) is 0 Å². The molecule has 0 bridgehead atoms. The number of ether oxygens (including phenoxy) is 1. The van der Waals surface area contributed by atoms with Crippen LogP contribution in [-0.4, -0.2) is 44.7 Å². The smallest absolute Gasteiger partial charge is 0.330 e. The van der Waals surface area contributed by atoms with E-state index in [0.717, 1.165) is 29.6 Å². The minimum atomic E-state index is -0.568. The van der Waals surface area contributed by atoms with Gasteiger partial charge in [0.1, 0.15) is 0 Å². The quantitative estimate of drug-likeness (QED) is 0.783. The van der Waals surface area contributed by atoms with Gasteiger partial charge in [-0.3, -0.25) is 4.79 Å². The SMILES string of the molecule is C[C@@H]1CCCC[C@H]1NC(=O)COC(=O)Cn1nnc(-c2ccsc2)n1. The van der Waals surface area contributed by atoms with Crippen LogP contribution in [0.25, 0.3) is 11.4 Å². The molecule has 2 heterocycles. The van der Waals surface area contributed by atoms with Crippen molar-refractivity contribution in [1.29, 1.82) is 0 Å². The van der Waals surface area contributed by atoms with Gasteiger partial charge in [-0.05, 0) is 35.4 Å². The molecular formula is C16H21N5O3S. The first-order valence-corrected chi connectivity index (χ1v) is 9.31. The van der Waals surface area contributed by atoms with E-state index in [-0.39, 0.29) is 25.1 Å². The third-order valence-corrected chi connectivity index (χ3v) is 5.01. The molecule has 2 aromatic rings. The van der Waals surface area contributed by atoms with Crippen molar-refractivity contribution in [3.05, 3.63) is 16.8 Å². The molecule has 0 spiro atoms. The van der Waals surface area contributed by atoms with E-state index in [1.807, 2.05) is 16.8 Å². The highest BCUT2D eigenvalue weighted by Crippen LogP contribution is 2.23. The van der Waals surface area contributed by atoms with Gasteiger partial charge in [-0.2, -0.15) is 16.1 Å². The van der Waals surface area contributed by atoms with E-state index in [0.29, 0.717) is 11.7 Å². The van der Waals surface area contributed by atoms with Crippen LogP contribution >= 0.6 is 11.3 Å². The molecule has 2 aromatic heterocycles. The number of carbonyl (C=O) groups excluding carboxylic acids is 2. The third-order valence-electron chi connectivity index (χ3n) is 4.32. The maximum Gasteiger partial charge on any atom is 0.330 e. The fourth-order valence-corrected chi connectivity index (χ4v) is 3.54. The number of aromatic nitrogens is 4. The number of nitrogens with one attached hydrogen (secondary N) is 1. The van der Waals surface area contributed by atoms with Gasteiger partial charge in [-0.25, -0.2) is 4.79 Å². The van der Waals surface area contributed by atoms with Gasteiger partial charge in [0.15, 0.2) is 13.2 Å². The summed E-state index contributed by atoms with van der Waals surface area (Å²) in [6, 6.07) is 2.05. The Labute approximate surface area is 149 Å². The predicted molar refractivity (Wildman–Crippen MR) is 91.7 cm³/mol. The predicted octanol–water partition coefficient (Wildman–Crippen LogP) is 1.64. The van der Waals surface area contributed by atoms with Crippen molar-refractivity contribution in [2.45, 2.75) is 45.2 Å². The van der Waals surface area contributed by atoms with Crippen LogP contribution in [-0.2, 0) is 20.9 Å². The molecule has 8 nitrogen and oxygen atoms in total. The van der Waals surface area contributed by atoms with Crippen molar-refractivity contribution in [3.8, 4) is 11.4 Å². The number of esters is 1. The normalized spacial score (nSPS) is 20.2.